The normalized spacial score (nSPS) is 18.2. The molecule has 0 N–H and O–H groups in total. The Kier molecular flexibility index (Phi) is 5.25. The van der Waals surface area contributed by atoms with Gasteiger partial charge in [0.05, 0.1) is 27.7 Å². The third-order valence-corrected chi connectivity index (χ3v) is 11.7. The molecule has 0 bridgehead atoms. The number of rotatable bonds is 2. The first-order valence-corrected chi connectivity index (χ1v) is 17.4. The highest BCUT2D eigenvalue weighted by molar-refractivity contribution is 7.86. The molecular weight excluding hydrogens is 605 g/mol. The highest BCUT2D eigenvalue weighted by Gasteiger charge is 2.52. The molecule has 3 nitrogen and oxygen atoms in total. The zero-order valence-electron chi connectivity index (χ0n) is 25.7. The molecule has 2 aliphatic carbocycles. The van der Waals surface area contributed by atoms with Gasteiger partial charge in [0.1, 0.15) is 11.2 Å². The smallest absolute Gasteiger partial charge is 0.143 e. The minimum absolute atomic E-state index is 0.496. The van der Waals surface area contributed by atoms with Crippen LogP contribution in [0.4, 0.5) is 5.69 Å². The number of para-hydroxylation sites is 1. The van der Waals surface area contributed by atoms with E-state index in [1.54, 1.807) is 0 Å². The standard InChI is InChI=1S/C44H26N2OS/c1-2-12-27(13-3-1)42-34-17-6-10-20-39(34)45-48(46-42)28-22-23-30-29-14-4-8-18-35(29)44(38(30)26-28)36-19-9-5-16-33(36)41-37(44)25-24-32-31-15-7-11-21-40(31)47-43(32)41/h1-26H. The number of nitrogens with zero attached hydrogens (tertiary/aromatic N) is 2. The Hall–Kier alpha value is -5.84. The number of fused-ring (bicyclic) bond motifs is 15. The van der Waals surface area contributed by atoms with Crippen LogP contribution >= 0.6 is 0 Å². The van der Waals surface area contributed by atoms with E-state index in [-0.39, 0.29) is 0 Å². The minimum Gasteiger partial charge on any atom is -0.455 e. The van der Waals surface area contributed by atoms with Gasteiger partial charge in [-0.15, -0.1) is 0 Å². The maximum atomic E-state index is 6.71. The zero-order chi connectivity index (χ0) is 31.4. The molecule has 3 aliphatic rings. The Morgan fingerprint density at radius 3 is 2.06 bits per heavy atom. The van der Waals surface area contributed by atoms with Crippen molar-refractivity contribution in [3.63, 3.8) is 0 Å². The Bertz CT molecular complexity index is 2740. The fourth-order valence-electron chi connectivity index (χ4n) is 8.41. The molecule has 1 aliphatic heterocycles. The summed E-state index contributed by atoms with van der Waals surface area (Å²) in [5.74, 6) is 0. The molecule has 7 aromatic carbocycles. The van der Waals surface area contributed by atoms with Crippen molar-refractivity contribution in [3.8, 4) is 22.3 Å². The maximum absolute atomic E-state index is 6.71. The largest absolute Gasteiger partial charge is 0.455 e. The van der Waals surface area contributed by atoms with Gasteiger partial charge < -0.3 is 4.42 Å². The number of hydrogen-bond donors (Lipinski definition) is 0. The van der Waals surface area contributed by atoms with E-state index >= 15 is 0 Å². The van der Waals surface area contributed by atoms with E-state index in [0.29, 0.717) is 0 Å². The van der Waals surface area contributed by atoms with Crippen LogP contribution in [-0.2, 0) is 16.3 Å². The van der Waals surface area contributed by atoms with Crippen molar-refractivity contribution in [2.45, 2.75) is 10.3 Å². The van der Waals surface area contributed by atoms with Crippen LogP contribution < -0.4 is 0 Å². The van der Waals surface area contributed by atoms with Crippen LogP contribution in [-0.4, -0.2) is 5.71 Å². The fraction of sp³-hybridized carbons (Fsp3) is 0.0227. The van der Waals surface area contributed by atoms with Crippen molar-refractivity contribution < 1.29 is 4.42 Å². The van der Waals surface area contributed by atoms with Crippen LogP contribution in [0.15, 0.2) is 176 Å². The summed E-state index contributed by atoms with van der Waals surface area (Å²) in [7, 11) is -0.728. The predicted octanol–water partition coefficient (Wildman–Crippen LogP) is 11.2. The topological polar surface area (TPSA) is 37.9 Å². The Morgan fingerprint density at radius 1 is 0.500 bits per heavy atom. The van der Waals surface area contributed by atoms with Crippen molar-refractivity contribution >= 4 is 44.2 Å². The molecule has 4 heteroatoms. The molecule has 1 aromatic heterocycles. The van der Waals surface area contributed by atoms with Crippen LogP contribution in [0.5, 0.6) is 0 Å². The highest BCUT2D eigenvalue weighted by atomic mass is 32.2. The molecule has 8 aromatic rings. The summed E-state index contributed by atoms with van der Waals surface area (Å²) in [6.45, 7) is 0. The second-order valence-corrected chi connectivity index (χ2v) is 14.1. The minimum atomic E-state index is -0.728. The Morgan fingerprint density at radius 2 is 1.19 bits per heavy atom. The van der Waals surface area contributed by atoms with Gasteiger partial charge in [-0.3, -0.25) is 0 Å². The molecule has 48 heavy (non-hydrogen) atoms. The summed E-state index contributed by atoms with van der Waals surface area (Å²) in [5, 5.41) is 2.30. The lowest BCUT2D eigenvalue weighted by molar-refractivity contribution is 0.669. The van der Waals surface area contributed by atoms with Crippen molar-refractivity contribution in [3.05, 3.63) is 191 Å². The van der Waals surface area contributed by atoms with Gasteiger partial charge in [0.2, 0.25) is 0 Å². The van der Waals surface area contributed by atoms with E-state index in [1.807, 2.05) is 6.07 Å². The average molecular weight is 631 g/mol. The molecule has 224 valence electrons. The lowest BCUT2D eigenvalue weighted by Gasteiger charge is -2.30. The first kappa shape index (κ1) is 26.3. The van der Waals surface area contributed by atoms with Gasteiger partial charge in [-0.1, -0.05) is 133 Å². The van der Waals surface area contributed by atoms with E-state index in [9.17, 15) is 0 Å². The van der Waals surface area contributed by atoms with Gasteiger partial charge in [0.25, 0.3) is 0 Å². The van der Waals surface area contributed by atoms with Crippen LogP contribution in [0.25, 0.3) is 44.2 Å². The number of hydrogen-bond acceptors (Lipinski definition) is 3. The van der Waals surface area contributed by atoms with Gasteiger partial charge in [-0.05, 0) is 63.2 Å². The Balaban J connectivity index is 1.21. The van der Waals surface area contributed by atoms with Crippen LogP contribution in [0, 0.1) is 0 Å². The van der Waals surface area contributed by atoms with Crippen molar-refractivity contribution in [1.82, 2.24) is 0 Å². The zero-order valence-corrected chi connectivity index (χ0v) is 26.5. The van der Waals surface area contributed by atoms with Crippen LogP contribution in [0.2, 0.25) is 0 Å². The SMILES string of the molecule is c1ccc(C2=NS(c3ccc4c(c3)C3(c5ccccc5-4)c4ccccc4-c4c3ccc3c4oc4ccccc43)=Nc3ccccc32)cc1. The molecule has 0 fully saturated rings. The summed E-state index contributed by atoms with van der Waals surface area (Å²) in [4.78, 5) is 1.11. The second kappa shape index (κ2) is 9.60. The molecule has 0 radical (unpaired) electrons. The summed E-state index contributed by atoms with van der Waals surface area (Å²) in [6, 6.07) is 56.7. The molecule has 0 amide bonds. The number of furan rings is 1. The van der Waals surface area contributed by atoms with Crippen molar-refractivity contribution in [2.75, 3.05) is 0 Å². The Labute approximate surface area is 280 Å². The van der Waals surface area contributed by atoms with Gasteiger partial charge >= 0.3 is 0 Å². The van der Waals surface area contributed by atoms with Gasteiger partial charge in [0, 0.05) is 32.4 Å². The maximum Gasteiger partial charge on any atom is 0.143 e. The lowest BCUT2D eigenvalue weighted by Crippen LogP contribution is -2.26. The summed E-state index contributed by atoms with van der Waals surface area (Å²) < 4.78 is 17.3. The number of benzene rings is 7. The highest BCUT2D eigenvalue weighted by Crippen LogP contribution is 2.64. The van der Waals surface area contributed by atoms with E-state index in [4.69, 9.17) is 13.2 Å². The molecular formula is C44H26N2OS. The summed E-state index contributed by atoms with van der Waals surface area (Å²) in [6.07, 6.45) is 0. The van der Waals surface area contributed by atoms with E-state index in [0.717, 1.165) is 49.4 Å². The van der Waals surface area contributed by atoms with Gasteiger partial charge in [0.15, 0.2) is 0 Å². The summed E-state index contributed by atoms with van der Waals surface area (Å²) in [5.41, 5.74) is 15.6. The van der Waals surface area contributed by atoms with Gasteiger partial charge in [-0.25, -0.2) is 4.36 Å². The molecule has 2 unspecified atom stereocenters. The molecule has 2 atom stereocenters. The molecule has 11 rings (SSSR count). The predicted molar refractivity (Wildman–Crippen MR) is 196 cm³/mol. The quantitative estimate of drug-likeness (QED) is 0.187. The van der Waals surface area contributed by atoms with Crippen LogP contribution in [0.1, 0.15) is 33.4 Å². The summed E-state index contributed by atoms with van der Waals surface area (Å²) >= 11 is 0. The van der Waals surface area contributed by atoms with E-state index in [2.05, 4.69) is 152 Å². The first-order valence-electron chi connectivity index (χ1n) is 16.3. The van der Waals surface area contributed by atoms with Crippen molar-refractivity contribution in [2.24, 2.45) is 8.76 Å². The van der Waals surface area contributed by atoms with Crippen molar-refractivity contribution in [1.29, 1.82) is 0 Å². The molecule has 2 heterocycles. The first-order chi connectivity index (χ1) is 23.8. The van der Waals surface area contributed by atoms with Gasteiger partial charge in [-0.2, -0.15) is 4.40 Å². The molecule has 0 saturated heterocycles. The van der Waals surface area contributed by atoms with E-state index in [1.165, 1.54) is 44.5 Å². The second-order valence-electron chi connectivity index (χ2n) is 12.7. The van der Waals surface area contributed by atoms with Crippen LogP contribution in [0.3, 0.4) is 0 Å². The fourth-order valence-corrected chi connectivity index (χ4v) is 9.79. The monoisotopic (exact) mass is 630 g/mol. The molecule has 1 spiro atoms. The molecule has 0 saturated carbocycles. The lowest BCUT2D eigenvalue weighted by atomic mass is 9.70. The third kappa shape index (κ3) is 3.32. The third-order valence-electron chi connectivity index (χ3n) is 10.3. The average Bonchev–Trinajstić information content (AvgIpc) is 3.78. The van der Waals surface area contributed by atoms with E-state index < -0.39 is 16.3 Å².